The van der Waals surface area contributed by atoms with Gasteiger partial charge in [0.05, 0.1) is 13.4 Å². The van der Waals surface area contributed by atoms with Gasteiger partial charge in [0.2, 0.25) is 0 Å². The van der Waals surface area contributed by atoms with E-state index in [1.165, 1.54) is 12.3 Å². The highest BCUT2D eigenvalue weighted by Crippen LogP contribution is 2.18. The Kier molecular flexibility index (Phi) is 5.69. The Morgan fingerprint density at radius 3 is 2.52 bits per heavy atom. The maximum atomic E-state index is 12.7. The Morgan fingerprint density at radius 2 is 1.81 bits per heavy atom. The molecule has 0 aliphatic rings. The van der Waals surface area contributed by atoms with Crippen LogP contribution in [0, 0.1) is 0 Å². The second-order valence-corrected chi connectivity index (χ2v) is 5.58. The Balaban J connectivity index is 1.83. The number of furan rings is 1. The molecule has 136 valence electrons. The van der Waals surface area contributed by atoms with Crippen molar-refractivity contribution in [1.82, 2.24) is 5.32 Å². The Bertz CT molecular complexity index is 947. The molecule has 6 heteroatoms. The van der Waals surface area contributed by atoms with Gasteiger partial charge in [0.1, 0.15) is 17.2 Å². The van der Waals surface area contributed by atoms with Gasteiger partial charge in [-0.25, -0.2) is 0 Å². The molecule has 2 aromatic carbocycles. The van der Waals surface area contributed by atoms with Crippen LogP contribution in [0.25, 0.3) is 6.08 Å². The van der Waals surface area contributed by atoms with Gasteiger partial charge in [0, 0.05) is 23.4 Å². The number of nitrogens with one attached hydrogen (secondary N) is 2. The molecule has 6 nitrogen and oxygen atoms in total. The summed E-state index contributed by atoms with van der Waals surface area (Å²) in [6.07, 6.45) is 2.96. The van der Waals surface area contributed by atoms with Crippen molar-refractivity contribution in [2.24, 2.45) is 0 Å². The van der Waals surface area contributed by atoms with Gasteiger partial charge in [0.15, 0.2) is 0 Å². The van der Waals surface area contributed by atoms with Crippen molar-refractivity contribution in [1.29, 1.82) is 0 Å². The zero-order valence-corrected chi connectivity index (χ0v) is 14.6. The zero-order chi connectivity index (χ0) is 19.1. The first-order chi connectivity index (χ1) is 13.2. The largest absolute Gasteiger partial charge is 0.497 e. The summed E-state index contributed by atoms with van der Waals surface area (Å²) in [5.41, 5.74) is 1.04. The highest BCUT2D eigenvalue weighted by molar-refractivity contribution is 6.10. The third-order valence-corrected chi connectivity index (χ3v) is 3.69. The van der Waals surface area contributed by atoms with Crippen LogP contribution < -0.4 is 15.4 Å². The third kappa shape index (κ3) is 4.85. The van der Waals surface area contributed by atoms with Crippen LogP contribution in [0.3, 0.4) is 0 Å². The summed E-state index contributed by atoms with van der Waals surface area (Å²) in [7, 11) is 1.54. The first-order valence-corrected chi connectivity index (χ1v) is 8.23. The molecule has 0 atom stereocenters. The molecule has 0 fully saturated rings. The topological polar surface area (TPSA) is 80.6 Å². The van der Waals surface area contributed by atoms with Crippen LogP contribution in [0.4, 0.5) is 5.69 Å². The van der Waals surface area contributed by atoms with Crippen LogP contribution in [-0.2, 0) is 4.79 Å². The molecular weight excluding hydrogens is 344 g/mol. The molecule has 0 unspecified atom stereocenters. The van der Waals surface area contributed by atoms with Gasteiger partial charge in [-0.05, 0) is 36.4 Å². The summed E-state index contributed by atoms with van der Waals surface area (Å²) in [5, 5.41) is 5.38. The smallest absolute Gasteiger partial charge is 0.272 e. The number of carbonyl (C=O) groups excluding carboxylic acids is 2. The Morgan fingerprint density at radius 1 is 1.00 bits per heavy atom. The van der Waals surface area contributed by atoms with Gasteiger partial charge in [-0.3, -0.25) is 9.59 Å². The number of rotatable bonds is 6. The molecule has 27 heavy (non-hydrogen) atoms. The van der Waals surface area contributed by atoms with E-state index in [-0.39, 0.29) is 5.70 Å². The van der Waals surface area contributed by atoms with E-state index < -0.39 is 11.8 Å². The first kappa shape index (κ1) is 18.0. The minimum absolute atomic E-state index is 0.0571. The molecular formula is C21H18N2O4. The Labute approximate surface area is 156 Å². The molecule has 0 saturated carbocycles. The zero-order valence-electron chi connectivity index (χ0n) is 14.6. The lowest BCUT2D eigenvalue weighted by Crippen LogP contribution is -2.30. The van der Waals surface area contributed by atoms with Crippen molar-refractivity contribution >= 4 is 23.6 Å². The normalized spacial score (nSPS) is 10.9. The van der Waals surface area contributed by atoms with Crippen molar-refractivity contribution in [3.8, 4) is 5.75 Å². The van der Waals surface area contributed by atoms with Crippen LogP contribution in [0.2, 0.25) is 0 Å². The van der Waals surface area contributed by atoms with Gasteiger partial charge in [-0.15, -0.1) is 0 Å². The average Bonchev–Trinajstić information content (AvgIpc) is 3.21. The van der Waals surface area contributed by atoms with Crippen LogP contribution in [0.15, 0.2) is 83.1 Å². The molecule has 0 saturated heterocycles. The average molecular weight is 362 g/mol. The number of anilines is 1. The summed E-state index contributed by atoms with van der Waals surface area (Å²) in [6.45, 7) is 0. The molecule has 0 aliphatic heterocycles. The molecule has 1 aromatic heterocycles. The monoisotopic (exact) mass is 362 g/mol. The van der Waals surface area contributed by atoms with E-state index in [0.29, 0.717) is 22.8 Å². The van der Waals surface area contributed by atoms with Gasteiger partial charge >= 0.3 is 0 Å². The molecule has 3 aromatic rings. The molecule has 0 aliphatic carbocycles. The molecule has 2 amide bonds. The summed E-state index contributed by atoms with van der Waals surface area (Å²) >= 11 is 0. The number of amides is 2. The predicted molar refractivity (Wildman–Crippen MR) is 102 cm³/mol. The second kappa shape index (κ2) is 8.53. The van der Waals surface area contributed by atoms with Crippen molar-refractivity contribution in [2.45, 2.75) is 0 Å². The van der Waals surface area contributed by atoms with Gasteiger partial charge in [-0.2, -0.15) is 0 Å². The molecule has 0 bridgehead atoms. The SMILES string of the molecule is COc1cccc(NC(=O)C(=Cc2ccco2)NC(=O)c2ccccc2)c1. The summed E-state index contributed by atoms with van der Waals surface area (Å²) in [5.74, 6) is 0.176. The molecule has 0 radical (unpaired) electrons. The first-order valence-electron chi connectivity index (χ1n) is 8.23. The summed E-state index contributed by atoms with van der Waals surface area (Å²) in [4.78, 5) is 25.2. The summed E-state index contributed by atoms with van der Waals surface area (Å²) < 4.78 is 10.4. The quantitative estimate of drug-likeness (QED) is 0.655. The van der Waals surface area contributed by atoms with E-state index in [2.05, 4.69) is 10.6 Å². The van der Waals surface area contributed by atoms with E-state index >= 15 is 0 Å². The van der Waals surface area contributed by atoms with Gasteiger partial charge in [-0.1, -0.05) is 24.3 Å². The van der Waals surface area contributed by atoms with Crippen LogP contribution in [0.1, 0.15) is 16.1 Å². The number of ether oxygens (including phenoxy) is 1. The minimum atomic E-state index is -0.482. The number of benzene rings is 2. The van der Waals surface area contributed by atoms with Crippen LogP contribution in [0.5, 0.6) is 5.75 Å². The van der Waals surface area contributed by atoms with E-state index in [1.807, 2.05) is 6.07 Å². The fourth-order valence-electron chi connectivity index (χ4n) is 2.36. The van der Waals surface area contributed by atoms with E-state index in [4.69, 9.17) is 9.15 Å². The number of hydrogen-bond donors (Lipinski definition) is 2. The van der Waals surface area contributed by atoms with Crippen LogP contribution >= 0.6 is 0 Å². The molecule has 1 heterocycles. The highest BCUT2D eigenvalue weighted by atomic mass is 16.5. The molecule has 0 spiro atoms. The third-order valence-electron chi connectivity index (χ3n) is 3.69. The van der Waals surface area contributed by atoms with Crippen molar-refractivity contribution < 1.29 is 18.7 Å². The van der Waals surface area contributed by atoms with Gasteiger partial charge in [0.25, 0.3) is 11.8 Å². The number of hydrogen-bond acceptors (Lipinski definition) is 4. The summed E-state index contributed by atoms with van der Waals surface area (Å²) in [6, 6.07) is 19.0. The maximum absolute atomic E-state index is 12.7. The fourth-order valence-corrected chi connectivity index (χ4v) is 2.36. The second-order valence-electron chi connectivity index (χ2n) is 5.58. The maximum Gasteiger partial charge on any atom is 0.272 e. The van der Waals surface area contributed by atoms with Crippen molar-refractivity contribution in [3.05, 3.63) is 90.0 Å². The van der Waals surface area contributed by atoms with Crippen molar-refractivity contribution in [3.63, 3.8) is 0 Å². The van der Waals surface area contributed by atoms with Crippen molar-refractivity contribution in [2.75, 3.05) is 12.4 Å². The lowest BCUT2D eigenvalue weighted by atomic mass is 10.2. The minimum Gasteiger partial charge on any atom is -0.497 e. The van der Waals surface area contributed by atoms with E-state index in [1.54, 1.807) is 67.8 Å². The van der Waals surface area contributed by atoms with E-state index in [9.17, 15) is 9.59 Å². The fraction of sp³-hybridized carbons (Fsp3) is 0.0476. The molecule has 3 rings (SSSR count). The standard InChI is InChI=1S/C21H18N2O4/c1-26-17-10-5-9-16(13-17)22-21(25)19(14-18-11-6-12-27-18)23-20(24)15-7-3-2-4-8-15/h2-14H,1H3,(H,22,25)(H,23,24). The lowest BCUT2D eigenvalue weighted by molar-refractivity contribution is -0.113. The lowest BCUT2D eigenvalue weighted by Gasteiger charge is -2.11. The van der Waals surface area contributed by atoms with E-state index in [0.717, 1.165) is 0 Å². The Hall–Kier alpha value is -3.80. The van der Waals surface area contributed by atoms with Crippen LogP contribution in [-0.4, -0.2) is 18.9 Å². The highest BCUT2D eigenvalue weighted by Gasteiger charge is 2.15. The predicted octanol–water partition coefficient (Wildman–Crippen LogP) is 3.70. The molecule has 2 N–H and O–H groups in total. The number of carbonyl (C=O) groups is 2. The van der Waals surface area contributed by atoms with Gasteiger partial charge < -0.3 is 19.8 Å². The number of methoxy groups -OCH3 is 1.